The van der Waals surface area contributed by atoms with Gasteiger partial charge >= 0.3 is 0 Å². The SMILES string of the molecule is CCCCCNC(=O)c1ccc(OCCN(C)C)c(N)c1. The van der Waals surface area contributed by atoms with Crippen molar-refractivity contribution in [1.82, 2.24) is 10.2 Å². The topological polar surface area (TPSA) is 67.6 Å². The first-order valence-corrected chi connectivity index (χ1v) is 7.49. The molecule has 0 aromatic heterocycles. The van der Waals surface area contributed by atoms with Crippen LogP contribution < -0.4 is 15.8 Å². The predicted molar refractivity (Wildman–Crippen MR) is 86.8 cm³/mol. The summed E-state index contributed by atoms with van der Waals surface area (Å²) in [5.41, 5.74) is 7.00. The quantitative estimate of drug-likeness (QED) is 0.540. The number of nitrogens with two attached hydrogens (primary N) is 1. The summed E-state index contributed by atoms with van der Waals surface area (Å²) >= 11 is 0. The van der Waals surface area contributed by atoms with Crippen molar-refractivity contribution in [2.24, 2.45) is 0 Å². The second kappa shape index (κ2) is 9.23. The van der Waals surface area contributed by atoms with E-state index in [1.165, 1.54) is 0 Å². The number of nitrogens with zero attached hydrogens (tertiary/aromatic N) is 1. The fourth-order valence-electron chi connectivity index (χ4n) is 1.84. The molecule has 0 saturated heterocycles. The van der Waals surface area contributed by atoms with E-state index < -0.39 is 0 Å². The van der Waals surface area contributed by atoms with Crippen LogP contribution in [0.4, 0.5) is 5.69 Å². The van der Waals surface area contributed by atoms with Crippen molar-refractivity contribution in [3.63, 3.8) is 0 Å². The lowest BCUT2D eigenvalue weighted by Gasteiger charge is -2.13. The molecule has 5 nitrogen and oxygen atoms in total. The number of rotatable bonds is 9. The van der Waals surface area contributed by atoms with Crippen LogP contribution in [0, 0.1) is 0 Å². The highest BCUT2D eigenvalue weighted by Gasteiger charge is 2.08. The summed E-state index contributed by atoms with van der Waals surface area (Å²) in [4.78, 5) is 14.0. The fraction of sp³-hybridized carbons (Fsp3) is 0.562. The molecule has 0 aliphatic heterocycles. The van der Waals surface area contributed by atoms with Gasteiger partial charge in [0.1, 0.15) is 12.4 Å². The molecule has 0 bridgehead atoms. The Balaban J connectivity index is 2.50. The monoisotopic (exact) mass is 293 g/mol. The van der Waals surface area contributed by atoms with Crippen molar-refractivity contribution in [2.75, 3.05) is 39.5 Å². The van der Waals surface area contributed by atoms with Crippen LogP contribution in [0.3, 0.4) is 0 Å². The van der Waals surface area contributed by atoms with E-state index in [9.17, 15) is 4.79 Å². The Hall–Kier alpha value is -1.75. The van der Waals surface area contributed by atoms with Crippen LogP contribution in [0.5, 0.6) is 5.75 Å². The molecule has 118 valence electrons. The second-order valence-electron chi connectivity index (χ2n) is 5.37. The van der Waals surface area contributed by atoms with E-state index in [2.05, 4.69) is 12.2 Å². The molecule has 1 aromatic carbocycles. The van der Waals surface area contributed by atoms with Crippen LogP contribution in [0.25, 0.3) is 0 Å². The van der Waals surface area contributed by atoms with Gasteiger partial charge in [0, 0.05) is 18.7 Å². The van der Waals surface area contributed by atoms with Crippen LogP contribution in [0.15, 0.2) is 18.2 Å². The Kier molecular flexibility index (Phi) is 7.61. The molecule has 0 aliphatic rings. The van der Waals surface area contributed by atoms with E-state index in [1.807, 2.05) is 19.0 Å². The van der Waals surface area contributed by atoms with Gasteiger partial charge in [0.15, 0.2) is 0 Å². The number of unbranched alkanes of at least 4 members (excludes halogenated alkanes) is 2. The molecule has 21 heavy (non-hydrogen) atoms. The Labute approximate surface area is 127 Å². The number of amides is 1. The van der Waals surface area contributed by atoms with Crippen molar-refractivity contribution >= 4 is 11.6 Å². The highest BCUT2D eigenvalue weighted by molar-refractivity contribution is 5.95. The number of ether oxygens (including phenoxy) is 1. The Bertz CT molecular complexity index is 447. The summed E-state index contributed by atoms with van der Waals surface area (Å²) < 4.78 is 5.60. The van der Waals surface area contributed by atoms with Crippen LogP contribution in [0.1, 0.15) is 36.5 Å². The van der Waals surface area contributed by atoms with Gasteiger partial charge in [0.2, 0.25) is 0 Å². The first-order chi connectivity index (χ1) is 10.0. The van der Waals surface area contributed by atoms with E-state index in [1.54, 1.807) is 18.2 Å². The van der Waals surface area contributed by atoms with E-state index in [4.69, 9.17) is 10.5 Å². The molecule has 0 radical (unpaired) electrons. The van der Waals surface area contributed by atoms with Crippen molar-refractivity contribution in [3.05, 3.63) is 23.8 Å². The van der Waals surface area contributed by atoms with Gasteiger partial charge in [0.05, 0.1) is 5.69 Å². The molecule has 3 N–H and O–H groups in total. The van der Waals surface area contributed by atoms with Gasteiger partial charge in [0.25, 0.3) is 5.91 Å². The number of benzene rings is 1. The maximum absolute atomic E-state index is 12.0. The van der Waals surface area contributed by atoms with Crippen LogP contribution in [0.2, 0.25) is 0 Å². The summed E-state index contributed by atoms with van der Waals surface area (Å²) in [7, 11) is 3.97. The van der Waals surface area contributed by atoms with Crippen molar-refractivity contribution in [3.8, 4) is 5.75 Å². The van der Waals surface area contributed by atoms with Crippen LogP contribution >= 0.6 is 0 Å². The van der Waals surface area contributed by atoms with Gasteiger partial charge in [-0.25, -0.2) is 0 Å². The lowest BCUT2D eigenvalue weighted by Crippen LogP contribution is -2.24. The molecular formula is C16H27N3O2. The van der Waals surface area contributed by atoms with Gasteiger partial charge in [-0.05, 0) is 38.7 Å². The third-order valence-electron chi connectivity index (χ3n) is 3.13. The van der Waals surface area contributed by atoms with Crippen LogP contribution in [-0.2, 0) is 0 Å². The van der Waals surface area contributed by atoms with Gasteiger partial charge < -0.3 is 20.7 Å². The summed E-state index contributed by atoms with van der Waals surface area (Å²) in [5, 5.41) is 2.90. The van der Waals surface area contributed by atoms with Gasteiger partial charge in [-0.2, -0.15) is 0 Å². The molecule has 1 amide bonds. The number of likely N-dealkylation sites (N-methyl/N-ethyl adjacent to an activating group) is 1. The maximum atomic E-state index is 12.0. The van der Waals surface area contributed by atoms with Gasteiger partial charge in [-0.1, -0.05) is 19.8 Å². The van der Waals surface area contributed by atoms with Crippen molar-refractivity contribution in [2.45, 2.75) is 26.2 Å². The Morgan fingerprint density at radius 2 is 2.10 bits per heavy atom. The minimum Gasteiger partial charge on any atom is -0.490 e. The lowest BCUT2D eigenvalue weighted by molar-refractivity contribution is 0.0953. The molecule has 1 aromatic rings. The number of hydrogen-bond donors (Lipinski definition) is 2. The average Bonchev–Trinajstić information content (AvgIpc) is 2.44. The smallest absolute Gasteiger partial charge is 0.251 e. The van der Waals surface area contributed by atoms with E-state index >= 15 is 0 Å². The lowest BCUT2D eigenvalue weighted by atomic mass is 10.1. The molecule has 0 saturated carbocycles. The standard InChI is InChI=1S/C16H27N3O2/c1-4-5-6-9-18-16(20)13-7-8-15(14(17)12-13)21-11-10-19(2)3/h7-8,12H,4-6,9-11,17H2,1-3H3,(H,18,20). The largest absolute Gasteiger partial charge is 0.490 e. The highest BCUT2D eigenvalue weighted by atomic mass is 16.5. The molecule has 0 atom stereocenters. The molecular weight excluding hydrogens is 266 g/mol. The summed E-state index contributed by atoms with van der Waals surface area (Å²) in [5.74, 6) is 0.539. The molecule has 0 unspecified atom stereocenters. The zero-order chi connectivity index (χ0) is 15.7. The van der Waals surface area contributed by atoms with Gasteiger partial charge in [-0.3, -0.25) is 4.79 Å². The van der Waals surface area contributed by atoms with E-state index in [0.29, 0.717) is 30.2 Å². The number of anilines is 1. The summed E-state index contributed by atoms with van der Waals surface area (Å²) in [6, 6.07) is 5.17. The van der Waals surface area contributed by atoms with Crippen molar-refractivity contribution in [1.29, 1.82) is 0 Å². The molecule has 0 heterocycles. The van der Waals surface area contributed by atoms with E-state index in [0.717, 1.165) is 25.8 Å². The zero-order valence-corrected chi connectivity index (χ0v) is 13.3. The third kappa shape index (κ3) is 6.49. The number of carbonyl (C=O) groups excluding carboxylic acids is 1. The average molecular weight is 293 g/mol. The first-order valence-electron chi connectivity index (χ1n) is 7.49. The Morgan fingerprint density at radius 3 is 2.71 bits per heavy atom. The van der Waals surface area contributed by atoms with Crippen LogP contribution in [-0.4, -0.2) is 44.6 Å². The maximum Gasteiger partial charge on any atom is 0.251 e. The normalized spacial score (nSPS) is 10.7. The first kappa shape index (κ1) is 17.3. The predicted octanol–water partition coefficient (Wildman–Crippen LogP) is 2.13. The minimum absolute atomic E-state index is 0.0855. The minimum atomic E-state index is -0.0855. The number of nitrogen functional groups attached to an aromatic ring is 1. The third-order valence-corrected chi connectivity index (χ3v) is 3.13. The molecule has 5 heteroatoms. The fourth-order valence-corrected chi connectivity index (χ4v) is 1.84. The summed E-state index contributed by atoms with van der Waals surface area (Å²) in [6.07, 6.45) is 3.27. The number of nitrogens with one attached hydrogen (secondary N) is 1. The van der Waals surface area contributed by atoms with Crippen molar-refractivity contribution < 1.29 is 9.53 Å². The summed E-state index contributed by atoms with van der Waals surface area (Å²) in [6.45, 7) is 4.23. The van der Waals surface area contributed by atoms with Gasteiger partial charge in [-0.15, -0.1) is 0 Å². The number of carbonyl (C=O) groups is 1. The number of hydrogen-bond acceptors (Lipinski definition) is 4. The molecule has 1 rings (SSSR count). The Morgan fingerprint density at radius 1 is 1.33 bits per heavy atom. The van der Waals surface area contributed by atoms with E-state index in [-0.39, 0.29) is 5.91 Å². The second-order valence-corrected chi connectivity index (χ2v) is 5.37. The zero-order valence-electron chi connectivity index (χ0n) is 13.3. The molecule has 0 aliphatic carbocycles. The molecule has 0 fully saturated rings. The highest BCUT2D eigenvalue weighted by Crippen LogP contribution is 2.22. The molecule has 0 spiro atoms.